The summed E-state index contributed by atoms with van der Waals surface area (Å²) in [6, 6.07) is 10.5. The molecule has 2 aliphatic rings. The first-order valence-corrected chi connectivity index (χ1v) is 15.6. The second kappa shape index (κ2) is 13.4. The molecule has 0 spiro atoms. The number of benzene rings is 2. The van der Waals surface area contributed by atoms with Gasteiger partial charge in [0.1, 0.15) is 28.6 Å². The van der Waals surface area contributed by atoms with Crippen molar-refractivity contribution in [3.05, 3.63) is 58.7 Å². The molecule has 1 saturated carbocycles. The topological polar surface area (TPSA) is 107 Å². The molecule has 1 N–H and O–H groups in total. The highest BCUT2D eigenvalue weighted by atomic mass is 35.5. The summed E-state index contributed by atoms with van der Waals surface area (Å²) in [4.78, 5) is 43.9. The lowest BCUT2D eigenvalue weighted by Gasteiger charge is -2.33. The summed E-state index contributed by atoms with van der Waals surface area (Å²) < 4.78 is 17.9. The maximum Gasteiger partial charge on any atom is 0.410 e. The number of Topliss-reactive ketones (excluding diaryl/α,β-unsaturated/α-hetero) is 1. The van der Waals surface area contributed by atoms with E-state index in [1.165, 1.54) is 0 Å². The van der Waals surface area contributed by atoms with E-state index in [1.807, 2.05) is 26.8 Å². The van der Waals surface area contributed by atoms with E-state index >= 15 is 0 Å². The van der Waals surface area contributed by atoms with Crippen molar-refractivity contribution in [1.82, 2.24) is 15.2 Å². The summed E-state index contributed by atoms with van der Waals surface area (Å²) in [5.41, 5.74) is 1.23. The van der Waals surface area contributed by atoms with E-state index in [9.17, 15) is 14.4 Å². The first kappa shape index (κ1) is 31.6. The Morgan fingerprint density at radius 3 is 2.41 bits per heavy atom. The average Bonchev–Trinajstić information content (AvgIpc) is 3.80. The van der Waals surface area contributed by atoms with E-state index < -0.39 is 5.60 Å². The summed E-state index contributed by atoms with van der Waals surface area (Å²) >= 11 is 6.52. The fraction of sp³-hybridized carbons (Fsp3) is 0.471. The number of rotatable bonds is 10. The van der Waals surface area contributed by atoms with E-state index in [-0.39, 0.29) is 23.7 Å². The smallest absolute Gasteiger partial charge is 0.410 e. The Morgan fingerprint density at radius 2 is 1.75 bits per heavy atom. The second-order valence-electron chi connectivity index (χ2n) is 12.7. The van der Waals surface area contributed by atoms with Crippen molar-refractivity contribution >= 4 is 40.3 Å². The fourth-order valence-corrected chi connectivity index (χ4v) is 5.51. The van der Waals surface area contributed by atoms with Crippen LogP contribution < -0.4 is 14.8 Å². The first-order chi connectivity index (χ1) is 21.0. The number of carbonyl (C=O) groups is 3. The van der Waals surface area contributed by atoms with Gasteiger partial charge in [-0.05, 0) is 88.1 Å². The number of ether oxygens (including phenoxy) is 3. The van der Waals surface area contributed by atoms with Crippen molar-refractivity contribution in [2.24, 2.45) is 11.8 Å². The van der Waals surface area contributed by atoms with Crippen molar-refractivity contribution < 1.29 is 28.6 Å². The van der Waals surface area contributed by atoms with Gasteiger partial charge in [0.25, 0.3) is 5.91 Å². The number of halogens is 1. The number of fused-ring (bicyclic) bond motifs is 1. The van der Waals surface area contributed by atoms with Gasteiger partial charge in [0.05, 0.1) is 17.7 Å². The van der Waals surface area contributed by atoms with Gasteiger partial charge < -0.3 is 24.4 Å². The largest absolute Gasteiger partial charge is 0.492 e. The Bertz CT molecular complexity index is 1540. The van der Waals surface area contributed by atoms with Gasteiger partial charge in [-0.15, -0.1) is 0 Å². The van der Waals surface area contributed by atoms with E-state index in [2.05, 4.69) is 10.3 Å². The molecule has 2 heterocycles. The van der Waals surface area contributed by atoms with Gasteiger partial charge in [-0.25, -0.2) is 4.79 Å². The molecule has 5 rings (SSSR count). The molecule has 1 aliphatic heterocycles. The number of hydrogen-bond donors (Lipinski definition) is 1. The van der Waals surface area contributed by atoms with Crippen LogP contribution in [0.15, 0.2) is 42.6 Å². The monoisotopic (exact) mass is 621 g/mol. The number of pyridine rings is 1. The Hall–Kier alpha value is -3.85. The number of likely N-dealkylation sites (tertiary alicyclic amines) is 1. The molecule has 2 fully saturated rings. The van der Waals surface area contributed by atoms with Gasteiger partial charge in [0, 0.05) is 55.7 Å². The number of nitrogens with zero attached hydrogens (tertiary/aromatic N) is 2. The molecule has 2 aromatic carbocycles. The zero-order valence-electron chi connectivity index (χ0n) is 25.8. The van der Waals surface area contributed by atoms with Crippen LogP contribution in [0.5, 0.6) is 17.2 Å². The van der Waals surface area contributed by atoms with Gasteiger partial charge in [0.2, 0.25) is 0 Å². The van der Waals surface area contributed by atoms with Gasteiger partial charge in [-0.1, -0.05) is 17.7 Å². The minimum atomic E-state index is -0.531. The third-order valence-electron chi connectivity index (χ3n) is 7.87. The lowest BCUT2D eigenvalue weighted by atomic mass is 9.98. The highest BCUT2D eigenvalue weighted by molar-refractivity contribution is 6.31. The molecule has 2 amide bonds. The zero-order chi connectivity index (χ0) is 31.4. The number of nitrogens with one attached hydrogen (secondary N) is 1. The molecule has 1 aromatic heterocycles. The van der Waals surface area contributed by atoms with Crippen LogP contribution >= 0.6 is 11.6 Å². The van der Waals surface area contributed by atoms with Crippen molar-refractivity contribution in [3.8, 4) is 17.2 Å². The molecular weight excluding hydrogens is 582 g/mol. The third-order valence-corrected chi connectivity index (χ3v) is 8.22. The van der Waals surface area contributed by atoms with Gasteiger partial charge in [0.15, 0.2) is 0 Å². The van der Waals surface area contributed by atoms with Crippen LogP contribution in [0, 0.1) is 11.8 Å². The number of amides is 2. The fourth-order valence-electron chi connectivity index (χ4n) is 5.28. The molecule has 0 radical (unpaired) electrons. The molecule has 1 saturated heterocycles. The normalized spacial score (nSPS) is 15.6. The van der Waals surface area contributed by atoms with Crippen LogP contribution in [0.4, 0.5) is 4.79 Å². The van der Waals surface area contributed by atoms with Crippen LogP contribution in [-0.2, 0) is 16.0 Å². The summed E-state index contributed by atoms with van der Waals surface area (Å²) in [6.07, 6.45) is 6.09. The number of carbonyl (C=O) groups excluding carboxylic acids is 3. The molecular formula is C34H40ClN3O6. The highest BCUT2D eigenvalue weighted by Gasteiger charge is 2.28. The van der Waals surface area contributed by atoms with E-state index in [0.29, 0.717) is 77.2 Å². The van der Waals surface area contributed by atoms with E-state index in [1.54, 1.807) is 48.5 Å². The average molecular weight is 622 g/mol. The summed E-state index contributed by atoms with van der Waals surface area (Å²) in [6.45, 7) is 7.16. The van der Waals surface area contributed by atoms with Gasteiger partial charge >= 0.3 is 6.09 Å². The summed E-state index contributed by atoms with van der Waals surface area (Å²) in [7, 11) is 1.57. The van der Waals surface area contributed by atoms with Crippen LogP contribution in [-0.4, -0.2) is 60.0 Å². The molecule has 1 aliphatic carbocycles. The molecule has 234 valence electrons. The lowest BCUT2D eigenvalue weighted by molar-refractivity contribution is -0.118. The zero-order valence-corrected chi connectivity index (χ0v) is 26.5. The molecule has 44 heavy (non-hydrogen) atoms. The minimum Gasteiger partial charge on any atom is -0.492 e. The number of piperidine rings is 1. The Kier molecular flexibility index (Phi) is 9.63. The van der Waals surface area contributed by atoms with Gasteiger partial charge in [-0.2, -0.15) is 0 Å². The van der Waals surface area contributed by atoms with Crippen molar-refractivity contribution in [2.45, 2.75) is 64.9 Å². The predicted octanol–water partition coefficient (Wildman–Crippen LogP) is 6.98. The van der Waals surface area contributed by atoms with Crippen LogP contribution in [0.25, 0.3) is 10.9 Å². The van der Waals surface area contributed by atoms with Gasteiger partial charge in [-0.3, -0.25) is 14.6 Å². The SMILES string of the molecule is CNC(=O)c1cc2c(Oc3ccc(CC(=O)CC4CC4)c(Cl)c3)ccnc2cc1OCC1CCN(C(=O)OC(C)(C)C)CC1. The molecule has 9 nitrogen and oxygen atoms in total. The Morgan fingerprint density at radius 1 is 1.00 bits per heavy atom. The third kappa shape index (κ3) is 8.20. The minimum absolute atomic E-state index is 0.203. The molecule has 0 atom stereocenters. The quantitative estimate of drug-likeness (QED) is 0.260. The number of hydrogen-bond acceptors (Lipinski definition) is 7. The molecule has 3 aromatic rings. The second-order valence-corrected chi connectivity index (χ2v) is 13.1. The molecule has 0 bridgehead atoms. The number of aromatic nitrogens is 1. The Labute approximate surface area is 263 Å². The number of ketones is 1. The predicted molar refractivity (Wildman–Crippen MR) is 169 cm³/mol. The Balaban J connectivity index is 1.28. The summed E-state index contributed by atoms with van der Waals surface area (Å²) in [5.74, 6) is 2.13. The maximum atomic E-state index is 12.9. The van der Waals surface area contributed by atoms with Crippen LogP contribution in [0.3, 0.4) is 0 Å². The molecule has 0 unspecified atom stereocenters. The van der Waals surface area contributed by atoms with E-state index in [4.69, 9.17) is 25.8 Å². The standard InChI is InChI=1S/C34H40ClN3O6/c1-34(2,3)44-33(41)38-13-10-22(11-14-38)20-42-31-19-29-26(18-27(31)32(40)36-4)30(9-12-37-29)43-25-8-7-23(28(35)17-25)16-24(39)15-21-5-6-21/h7-9,12,17-19,21-22H,5-6,10-11,13-16,20H2,1-4H3,(H,36,40). The maximum absolute atomic E-state index is 12.9. The van der Waals surface area contributed by atoms with Crippen LogP contribution in [0.2, 0.25) is 5.02 Å². The van der Waals surface area contributed by atoms with Crippen molar-refractivity contribution in [2.75, 3.05) is 26.7 Å². The van der Waals surface area contributed by atoms with Crippen molar-refractivity contribution in [3.63, 3.8) is 0 Å². The van der Waals surface area contributed by atoms with E-state index in [0.717, 1.165) is 31.2 Å². The van der Waals surface area contributed by atoms with Crippen molar-refractivity contribution in [1.29, 1.82) is 0 Å². The summed E-state index contributed by atoms with van der Waals surface area (Å²) in [5, 5.41) is 3.81. The first-order valence-electron chi connectivity index (χ1n) is 15.2. The van der Waals surface area contributed by atoms with Crippen LogP contribution in [0.1, 0.15) is 68.8 Å². The molecule has 10 heteroatoms. The highest BCUT2D eigenvalue weighted by Crippen LogP contribution is 2.36. The lowest BCUT2D eigenvalue weighted by Crippen LogP contribution is -2.42.